The van der Waals surface area contributed by atoms with E-state index in [0.717, 1.165) is 5.56 Å². The summed E-state index contributed by atoms with van der Waals surface area (Å²) < 4.78 is 55.8. The number of aromatic nitrogens is 1. The molecule has 3 aromatic carbocycles. The molecule has 0 aliphatic carbocycles. The van der Waals surface area contributed by atoms with Crippen LogP contribution in [0.25, 0.3) is 10.9 Å². The summed E-state index contributed by atoms with van der Waals surface area (Å²) in [6.07, 6.45) is -5.25. The number of rotatable bonds is 10. The molecule has 1 aromatic heterocycles. The zero-order valence-corrected chi connectivity index (χ0v) is 22.8. The molecule has 0 spiro atoms. The second-order valence-electron chi connectivity index (χ2n) is 9.02. The van der Waals surface area contributed by atoms with Crippen LogP contribution >= 0.6 is 11.6 Å². The van der Waals surface area contributed by atoms with E-state index < -0.39 is 24.2 Å². The number of halogens is 4. The van der Waals surface area contributed by atoms with Crippen molar-refractivity contribution in [1.82, 2.24) is 4.57 Å². The van der Waals surface area contributed by atoms with E-state index in [0.29, 0.717) is 44.9 Å². The normalized spacial score (nSPS) is 12.3. The lowest BCUT2D eigenvalue weighted by Gasteiger charge is -2.17. The van der Waals surface area contributed by atoms with Crippen molar-refractivity contribution < 1.29 is 37.0 Å². The average Bonchev–Trinajstić information content (AvgIpc) is 3.17. The van der Waals surface area contributed by atoms with Gasteiger partial charge in [0.25, 0.3) is 0 Å². The van der Waals surface area contributed by atoms with Crippen LogP contribution in [0.5, 0.6) is 11.5 Å². The summed E-state index contributed by atoms with van der Waals surface area (Å²) in [6, 6.07) is 17.3. The van der Waals surface area contributed by atoms with Crippen LogP contribution < -0.4 is 9.47 Å². The number of benzene rings is 3. The highest BCUT2D eigenvalue weighted by molar-refractivity contribution is 6.30. The third-order valence-corrected chi connectivity index (χ3v) is 6.55. The fourth-order valence-electron chi connectivity index (χ4n) is 4.49. The lowest BCUT2D eigenvalue weighted by Crippen LogP contribution is -2.28. The number of carbonyl (C=O) groups excluding carboxylic acids is 2. The minimum Gasteiger partial charge on any atom is -0.479 e. The van der Waals surface area contributed by atoms with Crippen LogP contribution in [-0.2, 0) is 16.1 Å². The van der Waals surface area contributed by atoms with Crippen molar-refractivity contribution in [2.45, 2.75) is 46.2 Å². The van der Waals surface area contributed by atoms with E-state index in [-0.39, 0.29) is 18.9 Å². The molecule has 4 aromatic rings. The number of ketones is 1. The lowest BCUT2D eigenvalue weighted by atomic mass is 10.0. The third-order valence-electron chi connectivity index (χ3n) is 6.30. The quantitative estimate of drug-likeness (QED) is 0.145. The van der Waals surface area contributed by atoms with Crippen molar-refractivity contribution in [2.75, 3.05) is 6.61 Å². The topological polar surface area (TPSA) is 66.8 Å². The standard InChI is InChI=1S/C30H27ClF3NO5/c1-4-26(29(37)38-5-2)39-22-8-6-7-19(15-22)17-35-18(3)27(28(36)20-9-11-21(31)12-10-20)24-14-13-23(16-25(24)35)40-30(32,33)34/h6-16,26H,4-5,17H2,1-3H3/t26-/m0/s1. The predicted molar refractivity (Wildman–Crippen MR) is 145 cm³/mol. The zero-order valence-electron chi connectivity index (χ0n) is 22.0. The molecule has 0 unspecified atom stereocenters. The van der Waals surface area contributed by atoms with Gasteiger partial charge in [0.05, 0.1) is 17.7 Å². The molecular formula is C30H27ClF3NO5. The number of fused-ring (bicyclic) bond motifs is 1. The van der Waals surface area contributed by atoms with Crippen molar-refractivity contribution in [3.05, 3.63) is 94.1 Å². The van der Waals surface area contributed by atoms with Crippen LogP contribution in [0.3, 0.4) is 0 Å². The maximum Gasteiger partial charge on any atom is 0.573 e. The van der Waals surface area contributed by atoms with Crippen LogP contribution in [0.1, 0.15) is 47.4 Å². The summed E-state index contributed by atoms with van der Waals surface area (Å²) in [5.74, 6) is -0.725. The second kappa shape index (κ2) is 12.0. The Morgan fingerprint density at radius 2 is 1.70 bits per heavy atom. The number of carbonyl (C=O) groups is 2. The predicted octanol–water partition coefficient (Wildman–Crippen LogP) is 7.50. The molecule has 0 bridgehead atoms. The van der Waals surface area contributed by atoms with E-state index in [1.54, 1.807) is 67.8 Å². The van der Waals surface area contributed by atoms with Gasteiger partial charge < -0.3 is 18.8 Å². The van der Waals surface area contributed by atoms with E-state index in [1.807, 2.05) is 6.07 Å². The first-order chi connectivity index (χ1) is 19.0. The second-order valence-corrected chi connectivity index (χ2v) is 9.46. The fraction of sp³-hybridized carbons (Fsp3) is 0.267. The summed E-state index contributed by atoms with van der Waals surface area (Å²) in [4.78, 5) is 25.8. The summed E-state index contributed by atoms with van der Waals surface area (Å²) in [6.45, 7) is 5.70. The van der Waals surface area contributed by atoms with Crippen molar-refractivity contribution in [2.24, 2.45) is 0 Å². The summed E-state index contributed by atoms with van der Waals surface area (Å²) in [5.41, 5.74) is 2.44. The van der Waals surface area contributed by atoms with Crippen molar-refractivity contribution in [3.8, 4) is 11.5 Å². The average molecular weight is 574 g/mol. The number of hydrogen-bond acceptors (Lipinski definition) is 5. The van der Waals surface area contributed by atoms with Crippen LogP contribution in [0.2, 0.25) is 5.02 Å². The highest BCUT2D eigenvalue weighted by Crippen LogP contribution is 2.34. The summed E-state index contributed by atoms with van der Waals surface area (Å²) in [7, 11) is 0. The van der Waals surface area contributed by atoms with Crippen LogP contribution in [0.15, 0.2) is 66.7 Å². The van der Waals surface area contributed by atoms with Gasteiger partial charge in [0.15, 0.2) is 11.9 Å². The lowest BCUT2D eigenvalue weighted by molar-refractivity contribution is -0.274. The minimum atomic E-state index is -4.87. The Kier molecular flexibility index (Phi) is 8.73. The molecule has 1 atom stereocenters. The highest BCUT2D eigenvalue weighted by Gasteiger charge is 2.32. The molecule has 1 heterocycles. The molecule has 0 aliphatic heterocycles. The molecule has 0 N–H and O–H groups in total. The van der Waals surface area contributed by atoms with Gasteiger partial charge in [-0.25, -0.2) is 4.79 Å². The Bertz CT molecular complexity index is 1530. The molecule has 0 saturated heterocycles. The molecule has 10 heteroatoms. The van der Waals surface area contributed by atoms with Gasteiger partial charge in [-0.05, 0) is 74.4 Å². The van der Waals surface area contributed by atoms with Crippen molar-refractivity contribution >= 4 is 34.3 Å². The first-order valence-electron chi connectivity index (χ1n) is 12.6. The summed E-state index contributed by atoms with van der Waals surface area (Å²) in [5, 5.41) is 0.952. The van der Waals surface area contributed by atoms with Gasteiger partial charge in [0, 0.05) is 34.3 Å². The van der Waals surface area contributed by atoms with Crippen LogP contribution in [0, 0.1) is 6.92 Å². The largest absolute Gasteiger partial charge is 0.573 e. The highest BCUT2D eigenvalue weighted by atomic mass is 35.5. The van der Waals surface area contributed by atoms with Gasteiger partial charge in [-0.2, -0.15) is 0 Å². The Labute approximate surface area is 234 Å². The number of esters is 1. The van der Waals surface area contributed by atoms with Crippen LogP contribution in [-0.4, -0.2) is 35.4 Å². The molecule has 0 fully saturated rings. The molecule has 0 aliphatic rings. The van der Waals surface area contributed by atoms with Gasteiger partial charge in [-0.3, -0.25) is 4.79 Å². The first-order valence-corrected chi connectivity index (χ1v) is 13.0. The molecule has 6 nitrogen and oxygen atoms in total. The molecule has 0 radical (unpaired) electrons. The maximum absolute atomic E-state index is 13.6. The minimum absolute atomic E-state index is 0.207. The molecule has 0 saturated carbocycles. The molecule has 0 amide bonds. The fourth-order valence-corrected chi connectivity index (χ4v) is 4.61. The smallest absolute Gasteiger partial charge is 0.479 e. The Hall–Kier alpha value is -3.98. The first kappa shape index (κ1) is 29.0. The van der Waals surface area contributed by atoms with Gasteiger partial charge in [-0.1, -0.05) is 30.7 Å². The molecule has 40 heavy (non-hydrogen) atoms. The Morgan fingerprint density at radius 1 is 0.975 bits per heavy atom. The number of alkyl halides is 3. The zero-order chi connectivity index (χ0) is 29.0. The van der Waals surface area contributed by atoms with E-state index in [4.69, 9.17) is 21.1 Å². The van der Waals surface area contributed by atoms with E-state index in [2.05, 4.69) is 4.74 Å². The van der Waals surface area contributed by atoms with E-state index in [1.165, 1.54) is 18.2 Å². The summed E-state index contributed by atoms with van der Waals surface area (Å²) >= 11 is 5.98. The monoisotopic (exact) mass is 573 g/mol. The maximum atomic E-state index is 13.6. The van der Waals surface area contributed by atoms with Gasteiger partial charge in [0.1, 0.15) is 11.5 Å². The van der Waals surface area contributed by atoms with Crippen molar-refractivity contribution in [1.29, 1.82) is 0 Å². The molecule has 210 valence electrons. The number of hydrogen-bond donors (Lipinski definition) is 0. The third kappa shape index (κ3) is 6.59. The molecule has 4 rings (SSSR count). The number of nitrogens with zero attached hydrogens (tertiary/aromatic N) is 1. The van der Waals surface area contributed by atoms with Gasteiger partial charge in [-0.15, -0.1) is 13.2 Å². The van der Waals surface area contributed by atoms with Crippen LogP contribution in [0.4, 0.5) is 13.2 Å². The van der Waals surface area contributed by atoms with E-state index >= 15 is 0 Å². The van der Waals surface area contributed by atoms with E-state index in [9.17, 15) is 22.8 Å². The number of ether oxygens (including phenoxy) is 3. The van der Waals surface area contributed by atoms with Gasteiger partial charge in [0.2, 0.25) is 0 Å². The SMILES string of the molecule is CCOC(=O)[C@H](CC)Oc1cccc(Cn2c(C)c(C(=O)c3ccc(Cl)cc3)c3ccc(OC(F)(F)F)cc32)c1. The molecular weight excluding hydrogens is 547 g/mol. The Balaban J connectivity index is 1.76. The van der Waals surface area contributed by atoms with Gasteiger partial charge >= 0.3 is 12.3 Å². The van der Waals surface area contributed by atoms with Crippen molar-refractivity contribution in [3.63, 3.8) is 0 Å². The Morgan fingerprint density at radius 3 is 2.35 bits per heavy atom.